The van der Waals surface area contributed by atoms with Gasteiger partial charge in [-0.1, -0.05) is 164 Å². The highest BCUT2D eigenvalue weighted by Crippen LogP contribution is 2.48. The predicted molar refractivity (Wildman–Crippen MR) is 238 cm³/mol. The molecule has 3 heterocycles. The maximum Gasteiger partial charge on any atom is 0.165 e. The fourth-order valence-corrected chi connectivity index (χ4v) is 10.4. The van der Waals surface area contributed by atoms with Gasteiger partial charge >= 0.3 is 0 Å². The molecule has 0 amide bonds. The summed E-state index contributed by atoms with van der Waals surface area (Å²) in [6.45, 7) is 0. The van der Waals surface area contributed by atoms with Gasteiger partial charge in [-0.05, 0) is 46.5 Å². The number of hydrogen-bond donors (Lipinski definition) is 0. The minimum absolute atomic E-state index is 0.661. The number of aromatic nitrogens is 3. The van der Waals surface area contributed by atoms with Crippen LogP contribution in [0.1, 0.15) is 0 Å². The smallest absolute Gasteiger partial charge is 0.165 e. The molecule has 8 aromatic carbocycles. The van der Waals surface area contributed by atoms with Crippen LogP contribution in [0.3, 0.4) is 0 Å². The molecule has 0 unspecified atom stereocenters. The van der Waals surface area contributed by atoms with Gasteiger partial charge in [-0.15, -0.1) is 22.7 Å². The number of hydrogen-bond acceptors (Lipinski definition) is 5. The largest absolute Gasteiger partial charge is 0.208 e. The number of nitrogens with zero attached hydrogens (tertiary/aromatic N) is 3. The highest BCUT2D eigenvalue weighted by atomic mass is 32.1. The monoisotopic (exact) mass is 749 g/mol. The fourth-order valence-electron chi connectivity index (χ4n) is 7.82. The van der Waals surface area contributed by atoms with Crippen LogP contribution in [0.25, 0.3) is 108 Å². The van der Waals surface area contributed by atoms with Crippen molar-refractivity contribution in [1.82, 2.24) is 15.0 Å². The Morgan fingerprint density at radius 3 is 1.38 bits per heavy atom. The maximum atomic E-state index is 5.12. The molecule has 262 valence electrons. The Morgan fingerprint density at radius 2 is 0.732 bits per heavy atom. The molecule has 0 aliphatic heterocycles. The van der Waals surface area contributed by atoms with Crippen molar-refractivity contribution in [2.45, 2.75) is 0 Å². The number of fused-ring (bicyclic) bond motifs is 6. The first-order chi connectivity index (χ1) is 27.7. The van der Waals surface area contributed by atoms with E-state index in [2.05, 4.69) is 152 Å². The summed E-state index contributed by atoms with van der Waals surface area (Å²) in [5.41, 5.74) is 10.3. The molecule has 11 rings (SSSR count). The van der Waals surface area contributed by atoms with Crippen LogP contribution in [0.5, 0.6) is 0 Å². The van der Waals surface area contributed by atoms with E-state index in [1.165, 1.54) is 73.7 Å². The first-order valence-corrected chi connectivity index (χ1v) is 20.3. The fraction of sp³-hybridized carbons (Fsp3) is 0. The summed E-state index contributed by atoms with van der Waals surface area (Å²) in [4.78, 5) is 15.2. The topological polar surface area (TPSA) is 38.7 Å². The van der Waals surface area contributed by atoms with Crippen molar-refractivity contribution in [3.8, 4) is 67.5 Å². The Hall–Kier alpha value is -6.79. The first-order valence-electron chi connectivity index (χ1n) is 18.7. The molecule has 11 aromatic rings. The van der Waals surface area contributed by atoms with Crippen molar-refractivity contribution in [3.05, 3.63) is 188 Å². The summed E-state index contributed by atoms with van der Waals surface area (Å²) in [5, 5.41) is 5.01. The summed E-state index contributed by atoms with van der Waals surface area (Å²) in [5.74, 6) is 1.99. The van der Waals surface area contributed by atoms with E-state index in [1.807, 2.05) is 59.1 Å². The lowest BCUT2D eigenvalue weighted by atomic mass is 9.94. The molecule has 3 nitrogen and oxygen atoms in total. The van der Waals surface area contributed by atoms with Crippen LogP contribution < -0.4 is 0 Å². The third-order valence-electron chi connectivity index (χ3n) is 10.6. The van der Waals surface area contributed by atoms with Gasteiger partial charge in [0.1, 0.15) is 0 Å². The van der Waals surface area contributed by atoms with Crippen molar-refractivity contribution >= 4 is 63.0 Å². The van der Waals surface area contributed by atoms with Crippen molar-refractivity contribution in [2.75, 3.05) is 0 Å². The van der Waals surface area contributed by atoms with Gasteiger partial charge in [0.05, 0.1) is 0 Å². The minimum Gasteiger partial charge on any atom is -0.208 e. The SMILES string of the molecule is c1ccc(-c2ccc(-c3cc(-c4cccc5c4sc4c(-c6nc(-c7ccccc7)nc(-c7ccccc7)n6)cccc45)c4sc5ccccc5c4c3)cc2)cc1. The number of benzene rings is 8. The molecule has 0 radical (unpaired) electrons. The summed E-state index contributed by atoms with van der Waals surface area (Å²) >= 11 is 3.71. The standard InChI is InChI=1S/C51H31N3S2/c1-4-14-32(15-5-1)33-26-28-34(29-27-33)37-30-43-38-20-10-11-25-45(38)55-48(43)44(31-37)41-23-12-21-39-40-22-13-24-42(47(40)56-46(39)41)51-53-49(35-16-6-2-7-17-35)52-50(54-51)36-18-8-3-9-19-36/h1-31H. The molecule has 0 spiro atoms. The summed E-state index contributed by atoms with van der Waals surface area (Å²) in [7, 11) is 0. The molecule has 0 N–H and O–H groups in total. The summed E-state index contributed by atoms with van der Waals surface area (Å²) in [6.07, 6.45) is 0. The quantitative estimate of drug-likeness (QED) is 0.170. The Balaban J connectivity index is 1.12. The molecule has 0 saturated heterocycles. The van der Waals surface area contributed by atoms with Gasteiger partial charge in [0.25, 0.3) is 0 Å². The Bertz CT molecular complexity index is 3170. The lowest BCUT2D eigenvalue weighted by Crippen LogP contribution is -2.00. The van der Waals surface area contributed by atoms with E-state index >= 15 is 0 Å². The van der Waals surface area contributed by atoms with Gasteiger partial charge in [0, 0.05) is 68.2 Å². The minimum atomic E-state index is 0.661. The second kappa shape index (κ2) is 13.5. The highest BCUT2D eigenvalue weighted by Gasteiger charge is 2.20. The predicted octanol–water partition coefficient (Wildman–Crippen LogP) is 14.6. The highest BCUT2D eigenvalue weighted by molar-refractivity contribution is 7.27. The van der Waals surface area contributed by atoms with Crippen LogP contribution in [-0.2, 0) is 0 Å². The maximum absolute atomic E-state index is 5.12. The van der Waals surface area contributed by atoms with Gasteiger partial charge in [-0.3, -0.25) is 0 Å². The molecule has 0 bridgehead atoms. The van der Waals surface area contributed by atoms with Gasteiger partial charge < -0.3 is 0 Å². The van der Waals surface area contributed by atoms with Gasteiger partial charge in [0.2, 0.25) is 0 Å². The van der Waals surface area contributed by atoms with Crippen LogP contribution in [0.2, 0.25) is 0 Å². The second-order valence-electron chi connectivity index (χ2n) is 13.9. The zero-order valence-electron chi connectivity index (χ0n) is 30.1. The summed E-state index contributed by atoms with van der Waals surface area (Å²) in [6, 6.07) is 66.8. The Kier molecular flexibility index (Phi) is 7.87. The van der Waals surface area contributed by atoms with Crippen LogP contribution >= 0.6 is 22.7 Å². The van der Waals surface area contributed by atoms with Crippen molar-refractivity contribution in [1.29, 1.82) is 0 Å². The Morgan fingerprint density at radius 1 is 0.268 bits per heavy atom. The third kappa shape index (κ3) is 5.60. The second-order valence-corrected chi connectivity index (χ2v) is 16.0. The van der Waals surface area contributed by atoms with E-state index in [0.29, 0.717) is 17.5 Å². The van der Waals surface area contributed by atoms with E-state index in [4.69, 9.17) is 15.0 Å². The zero-order chi connectivity index (χ0) is 37.0. The molecule has 56 heavy (non-hydrogen) atoms. The average Bonchev–Trinajstić information content (AvgIpc) is 3.86. The molecule has 0 atom stereocenters. The van der Waals surface area contributed by atoms with Gasteiger partial charge in [-0.25, -0.2) is 15.0 Å². The van der Waals surface area contributed by atoms with Crippen molar-refractivity contribution in [2.24, 2.45) is 0 Å². The van der Waals surface area contributed by atoms with Crippen molar-refractivity contribution < 1.29 is 0 Å². The molecule has 0 aliphatic carbocycles. The number of rotatable bonds is 6. The molecule has 0 aliphatic rings. The van der Waals surface area contributed by atoms with Crippen LogP contribution in [0.15, 0.2) is 188 Å². The molecule has 3 aromatic heterocycles. The van der Waals surface area contributed by atoms with E-state index in [-0.39, 0.29) is 0 Å². The van der Waals surface area contributed by atoms with Crippen molar-refractivity contribution in [3.63, 3.8) is 0 Å². The van der Waals surface area contributed by atoms with Gasteiger partial charge in [0.15, 0.2) is 17.5 Å². The lowest BCUT2D eigenvalue weighted by Gasteiger charge is -2.11. The Labute approximate surface area is 331 Å². The molecule has 0 fully saturated rings. The molecular formula is C51H31N3S2. The average molecular weight is 750 g/mol. The van der Waals surface area contributed by atoms with Gasteiger partial charge in [-0.2, -0.15) is 0 Å². The van der Waals surface area contributed by atoms with Crippen LogP contribution in [0, 0.1) is 0 Å². The third-order valence-corrected chi connectivity index (χ3v) is 13.1. The first kappa shape index (κ1) is 32.6. The number of thiophene rings is 2. The molecule has 5 heteroatoms. The normalized spacial score (nSPS) is 11.6. The van der Waals surface area contributed by atoms with E-state index < -0.39 is 0 Å². The zero-order valence-corrected chi connectivity index (χ0v) is 31.7. The summed E-state index contributed by atoms with van der Waals surface area (Å²) < 4.78 is 5.02. The van der Waals surface area contributed by atoms with Crippen LogP contribution in [0.4, 0.5) is 0 Å². The van der Waals surface area contributed by atoms with Crippen LogP contribution in [-0.4, -0.2) is 15.0 Å². The van der Waals surface area contributed by atoms with E-state index in [9.17, 15) is 0 Å². The van der Waals surface area contributed by atoms with E-state index in [0.717, 1.165) is 16.7 Å². The molecular weight excluding hydrogens is 719 g/mol. The van der Waals surface area contributed by atoms with E-state index in [1.54, 1.807) is 0 Å². The lowest BCUT2D eigenvalue weighted by molar-refractivity contribution is 1.08. The molecule has 0 saturated carbocycles.